The summed E-state index contributed by atoms with van der Waals surface area (Å²) in [5.74, 6) is 1.65. The Labute approximate surface area is 139 Å². The average molecular weight is 327 g/mol. The molecule has 4 aliphatic carbocycles. The molecule has 23 heavy (non-hydrogen) atoms. The van der Waals surface area contributed by atoms with Crippen molar-refractivity contribution in [3.63, 3.8) is 0 Å². The van der Waals surface area contributed by atoms with Gasteiger partial charge in [-0.1, -0.05) is 18.2 Å². The van der Waals surface area contributed by atoms with Gasteiger partial charge in [-0.2, -0.15) is 0 Å². The highest BCUT2D eigenvalue weighted by atomic mass is 32.1. The van der Waals surface area contributed by atoms with Crippen LogP contribution in [0.25, 0.3) is 10.1 Å². The van der Waals surface area contributed by atoms with Crippen LogP contribution in [0.3, 0.4) is 0 Å². The van der Waals surface area contributed by atoms with E-state index in [9.17, 15) is 9.90 Å². The number of fused-ring (bicyclic) bond motifs is 1. The fraction of sp³-hybridized carbons (Fsp3) is 0.526. The molecule has 0 spiro atoms. The Kier molecular flexibility index (Phi) is 2.92. The van der Waals surface area contributed by atoms with Gasteiger partial charge in [0.1, 0.15) is 0 Å². The lowest BCUT2D eigenvalue weighted by atomic mass is 9.52. The van der Waals surface area contributed by atoms with Crippen LogP contribution in [0.5, 0.6) is 0 Å². The van der Waals surface area contributed by atoms with Crippen molar-refractivity contribution in [1.82, 2.24) is 5.32 Å². The smallest absolute Gasteiger partial charge is 0.252 e. The number of nitrogens with one attached hydrogen (secondary N) is 1. The summed E-state index contributed by atoms with van der Waals surface area (Å²) in [6.07, 6.45) is 5.07. The fourth-order valence-electron chi connectivity index (χ4n) is 5.60. The summed E-state index contributed by atoms with van der Waals surface area (Å²) in [5, 5.41) is 17.0. The molecular weight excluding hydrogens is 306 g/mol. The molecule has 0 saturated heterocycles. The number of carbonyl (C=O) groups excluding carboxylic acids is 1. The Bertz CT molecular complexity index is 767. The minimum absolute atomic E-state index is 0.0620. The van der Waals surface area contributed by atoms with Gasteiger partial charge < -0.3 is 10.4 Å². The Morgan fingerprint density at radius 3 is 2.65 bits per heavy atom. The van der Waals surface area contributed by atoms with Crippen LogP contribution in [0.4, 0.5) is 0 Å². The predicted octanol–water partition coefficient (Wildman–Crippen LogP) is 3.57. The maximum absolute atomic E-state index is 12.8. The maximum Gasteiger partial charge on any atom is 0.252 e. The van der Waals surface area contributed by atoms with E-state index in [1.165, 1.54) is 12.8 Å². The summed E-state index contributed by atoms with van der Waals surface area (Å²) in [6.45, 7) is 0. The minimum Gasteiger partial charge on any atom is -0.390 e. The third kappa shape index (κ3) is 2.15. The lowest BCUT2D eigenvalue weighted by Crippen LogP contribution is -2.61. The van der Waals surface area contributed by atoms with Crippen molar-refractivity contribution in [3.05, 3.63) is 35.2 Å². The zero-order valence-electron chi connectivity index (χ0n) is 13.0. The second kappa shape index (κ2) is 4.81. The molecule has 1 heterocycles. The number of amides is 1. The van der Waals surface area contributed by atoms with Crippen molar-refractivity contribution in [2.75, 3.05) is 0 Å². The standard InChI is InChI=1S/C19H21NO2S/c21-18(15-10-23-16-4-2-1-3-14(15)16)20-17-12-5-11-6-13(17)9-19(22,7-11)8-12/h1-4,10-13,17,22H,5-9H2,(H,20,21)/t11?,12-,13?,17?,19?/m1/s1. The number of aliphatic hydroxyl groups is 1. The van der Waals surface area contributed by atoms with E-state index in [4.69, 9.17) is 0 Å². The average Bonchev–Trinajstić information content (AvgIpc) is 2.93. The zero-order chi connectivity index (χ0) is 15.6. The highest BCUT2D eigenvalue weighted by molar-refractivity contribution is 7.17. The molecule has 4 heteroatoms. The van der Waals surface area contributed by atoms with Gasteiger partial charge in [0, 0.05) is 21.5 Å². The third-order valence-electron chi connectivity index (χ3n) is 6.26. The first kappa shape index (κ1) is 14.0. The molecule has 4 fully saturated rings. The molecule has 1 amide bonds. The molecule has 2 N–H and O–H groups in total. The molecule has 2 aromatic rings. The van der Waals surface area contributed by atoms with Crippen molar-refractivity contribution < 1.29 is 9.90 Å². The van der Waals surface area contributed by atoms with Crippen molar-refractivity contribution in [3.8, 4) is 0 Å². The Balaban J connectivity index is 1.41. The first-order chi connectivity index (χ1) is 11.1. The SMILES string of the molecule is O=C(NC1C2CC3C[C@@H]1CC(O)(C3)C2)c1csc2ccccc12. The number of benzene rings is 1. The molecule has 5 atom stereocenters. The van der Waals surface area contributed by atoms with Gasteiger partial charge in [0.15, 0.2) is 0 Å². The maximum atomic E-state index is 12.8. The van der Waals surface area contributed by atoms with Gasteiger partial charge in [0.2, 0.25) is 0 Å². The second-order valence-corrected chi connectivity index (χ2v) is 8.75. The van der Waals surface area contributed by atoms with E-state index in [0.29, 0.717) is 17.8 Å². The first-order valence-corrected chi connectivity index (χ1v) is 9.49. The van der Waals surface area contributed by atoms with Crippen molar-refractivity contribution in [2.24, 2.45) is 17.8 Å². The summed E-state index contributed by atoms with van der Waals surface area (Å²) in [6, 6.07) is 8.34. The van der Waals surface area contributed by atoms with Crippen LogP contribution in [-0.4, -0.2) is 22.7 Å². The molecule has 0 radical (unpaired) electrons. The molecule has 4 bridgehead atoms. The summed E-state index contributed by atoms with van der Waals surface area (Å²) < 4.78 is 1.16. The Morgan fingerprint density at radius 1 is 1.17 bits per heavy atom. The minimum atomic E-state index is -0.438. The first-order valence-electron chi connectivity index (χ1n) is 8.61. The molecule has 6 rings (SSSR count). The van der Waals surface area contributed by atoms with E-state index in [-0.39, 0.29) is 11.9 Å². The third-order valence-corrected chi connectivity index (χ3v) is 7.23. The Hall–Kier alpha value is -1.39. The number of hydrogen-bond donors (Lipinski definition) is 2. The van der Waals surface area contributed by atoms with Crippen molar-refractivity contribution in [1.29, 1.82) is 0 Å². The number of rotatable bonds is 2. The molecule has 4 aliphatic rings. The number of carbonyl (C=O) groups is 1. The quantitative estimate of drug-likeness (QED) is 0.886. The molecule has 120 valence electrons. The van der Waals surface area contributed by atoms with E-state index in [2.05, 4.69) is 11.4 Å². The van der Waals surface area contributed by atoms with Gasteiger partial charge >= 0.3 is 0 Å². The highest BCUT2D eigenvalue weighted by Gasteiger charge is 2.55. The molecule has 4 unspecified atom stereocenters. The second-order valence-electron chi connectivity index (χ2n) is 7.84. The van der Waals surface area contributed by atoms with Crippen LogP contribution in [0.2, 0.25) is 0 Å². The largest absolute Gasteiger partial charge is 0.390 e. The molecular formula is C19H21NO2S. The topological polar surface area (TPSA) is 49.3 Å². The molecule has 4 saturated carbocycles. The zero-order valence-corrected chi connectivity index (χ0v) is 13.8. The summed E-state index contributed by atoms with van der Waals surface area (Å²) >= 11 is 1.63. The van der Waals surface area contributed by atoms with Gasteiger partial charge in [-0.3, -0.25) is 4.79 Å². The highest BCUT2D eigenvalue weighted by Crippen LogP contribution is 2.55. The fourth-order valence-corrected chi connectivity index (χ4v) is 6.54. The molecule has 3 nitrogen and oxygen atoms in total. The number of hydrogen-bond acceptors (Lipinski definition) is 3. The van der Waals surface area contributed by atoms with E-state index >= 15 is 0 Å². The van der Waals surface area contributed by atoms with Crippen LogP contribution >= 0.6 is 11.3 Å². The van der Waals surface area contributed by atoms with E-state index in [0.717, 1.165) is 34.9 Å². The Morgan fingerprint density at radius 2 is 1.91 bits per heavy atom. The normalized spacial score (nSPS) is 38.1. The van der Waals surface area contributed by atoms with E-state index in [1.807, 2.05) is 23.6 Å². The van der Waals surface area contributed by atoms with Gasteiger partial charge in [0.05, 0.1) is 11.2 Å². The monoisotopic (exact) mass is 327 g/mol. The predicted molar refractivity (Wildman–Crippen MR) is 91.6 cm³/mol. The van der Waals surface area contributed by atoms with Crippen molar-refractivity contribution >= 4 is 27.3 Å². The van der Waals surface area contributed by atoms with Gasteiger partial charge in [-0.15, -0.1) is 11.3 Å². The van der Waals surface area contributed by atoms with Crippen molar-refractivity contribution in [2.45, 2.75) is 43.7 Å². The van der Waals surface area contributed by atoms with Crippen LogP contribution in [0.1, 0.15) is 42.5 Å². The summed E-state index contributed by atoms with van der Waals surface area (Å²) in [4.78, 5) is 12.8. The van der Waals surface area contributed by atoms with Crippen LogP contribution < -0.4 is 5.32 Å². The summed E-state index contributed by atoms with van der Waals surface area (Å²) in [7, 11) is 0. The number of thiophene rings is 1. The lowest BCUT2D eigenvalue weighted by molar-refractivity contribution is -0.136. The van der Waals surface area contributed by atoms with Crippen LogP contribution in [0, 0.1) is 17.8 Å². The van der Waals surface area contributed by atoms with E-state index < -0.39 is 5.60 Å². The molecule has 1 aromatic heterocycles. The van der Waals surface area contributed by atoms with Gasteiger partial charge in [-0.05, 0) is 55.9 Å². The van der Waals surface area contributed by atoms with E-state index in [1.54, 1.807) is 11.3 Å². The molecule has 0 aliphatic heterocycles. The van der Waals surface area contributed by atoms with Gasteiger partial charge in [-0.25, -0.2) is 0 Å². The summed E-state index contributed by atoms with van der Waals surface area (Å²) in [5.41, 5.74) is 0.366. The van der Waals surface area contributed by atoms with Gasteiger partial charge in [0.25, 0.3) is 5.91 Å². The lowest BCUT2D eigenvalue weighted by Gasteiger charge is -2.58. The van der Waals surface area contributed by atoms with Crippen LogP contribution in [-0.2, 0) is 0 Å². The van der Waals surface area contributed by atoms with Crippen LogP contribution in [0.15, 0.2) is 29.6 Å². The molecule has 1 aromatic carbocycles.